The van der Waals surface area contributed by atoms with Crippen molar-refractivity contribution in [3.8, 4) is 0 Å². The second-order valence-corrected chi connectivity index (χ2v) is 7.09. The van der Waals surface area contributed by atoms with Gasteiger partial charge >= 0.3 is 12.1 Å². The number of carboxylic acid groups (broad SMARTS) is 1. The highest BCUT2D eigenvalue weighted by Gasteiger charge is 2.45. The second kappa shape index (κ2) is 6.35. The molecule has 1 aliphatic heterocycles. The van der Waals surface area contributed by atoms with Gasteiger partial charge in [-0.3, -0.25) is 4.79 Å². The van der Waals surface area contributed by atoms with Crippen LogP contribution in [-0.2, 0) is 14.9 Å². The molecule has 126 valence electrons. The molecule has 2 heterocycles. The number of rotatable bonds is 2. The molecule has 1 aromatic rings. The summed E-state index contributed by atoms with van der Waals surface area (Å²) in [6.07, 6.45) is 0.125. The molecule has 1 saturated heterocycles. The lowest BCUT2D eigenvalue weighted by Crippen LogP contribution is -2.50. The zero-order valence-electron chi connectivity index (χ0n) is 13.5. The number of aromatic nitrogens is 1. The number of carbonyl (C=O) groups is 2. The highest BCUT2D eigenvalue weighted by atomic mass is 35.5. The third-order valence-corrected chi connectivity index (χ3v) is 4.09. The van der Waals surface area contributed by atoms with Gasteiger partial charge in [0.1, 0.15) is 16.2 Å². The lowest BCUT2D eigenvalue weighted by Gasteiger charge is -2.38. The average molecular weight is 341 g/mol. The fraction of sp³-hybridized carbons (Fsp3) is 0.562. The molecule has 1 fully saturated rings. The number of likely N-dealkylation sites (tertiary alicyclic amines) is 1. The molecule has 1 N–H and O–H groups in total. The Bertz CT molecular complexity index is 604. The number of carboxylic acids is 1. The third-order valence-electron chi connectivity index (χ3n) is 3.88. The predicted molar refractivity (Wildman–Crippen MR) is 85.6 cm³/mol. The number of pyridine rings is 1. The fourth-order valence-electron chi connectivity index (χ4n) is 2.65. The molecule has 0 bridgehead atoms. The van der Waals surface area contributed by atoms with Gasteiger partial charge in [-0.2, -0.15) is 0 Å². The Hall–Kier alpha value is -1.82. The van der Waals surface area contributed by atoms with E-state index in [2.05, 4.69) is 4.98 Å². The van der Waals surface area contributed by atoms with Gasteiger partial charge in [-0.15, -0.1) is 0 Å². The Morgan fingerprint density at radius 1 is 1.30 bits per heavy atom. The van der Waals surface area contributed by atoms with Crippen molar-refractivity contribution < 1.29 is 19.4 Å². The van der Waals surface area contributed by atoms with E-state index in [1.807, 2.05) is 0 Å². The van der Waals surface area contributed by atoms with Crippen LogP contribution in [-0.4, -0.2) is 45.7 Å². The smallest absolute Gasteiger partial charge is 0.410 e. The third kappa shape index (κ3) is 3.93. The summed E-state index contributed by atoms with van der Waals surface area (Å²) in [5, 5.41) is 9.99. The summed E-state index contributed by atoms with van der Waals surface area (Å²) >= 11 is 5.89. The molecule has 0 radical (unpaired) electrons. The molecular formula is C16H21ClN2O4. The molecule has 1 aromatic heterocycles. The van der Waals surface area contributed by atoms with E-state index in [0.717, 1.165) is 0 Å². The Morgan fingerprint density at radius 2 is 1.91 bits per heavy atom. The van der Waals surface area contributed by atoms with Crippen molar-refractivity contribution in [2.75, 3.05) is 13.1 Å². The molecule has 2 rings (SSSR count). The van der Waals surface area contributed by atoms with E-state index in [1.165, 1.54) is 4.90 Å². The molecular weight excluding hydrogens is 320 g/mol. The van der Waals surface area contributed by atoms with Crippen LogP contribution in [0.4, 0.5) is 4.79 Å². The van der Waals surface area contributed by atoms with Gasteiger partial charge in [0.05, 0.1) is 5.69 Å². The van der Waals surface area contributed by atoms with E-state index in [1.54, 1.807) is 39.0 Å². The van der Waals surface area contributed by atoms with E-state index in [9.17, 15) is 14.7 Å². The zero-order chi connectivity index (χ0) is 17.3. The standard InChI is InChI=1S/C16H21ClN2O4/c1-15(2,3)23-14(22)19-9-7-16(8-10-19,13(20)21)11-5-4-6-12(17)18-11/h4-6H,7-10H2,1-3H3,(H,20,21). The van der Waals surface area contributed by atoms with Crippen molar-refractivity contribution in [2.45, 2.75) is 44.6 Å². The van der Waals surface area contributed by atoms with Crippen LogP contribution in [0.15, 0.2) is 18.2 Å². The second-order valence-electron chi connectivity index (χ2n) is 6.70. The van der Waals surface area contributed by atoms with E-state index in [-0.39, 0.29) is 18.0 Å². The van der Waals surface area contributed by atoms with Crippen LogP contribution in [0.2, 0.25) is 5.15 Å². The number of nitrogens with zero attached hydrogens (tertiary/aromatic N) is 2. The van der Waals surface area contributed by atoms with Crippen LogP contribution >= 0.6 is 11.6 Å². The van der Waals surface area contributed by atoms with Crippen LogP contribution in [0, 0.1) is 0 Å². The molecule has 0 saturated carbocycles. The summed E-state index contributed by atoms with van der Waals surface area (Å²) in [5.74, 6) is -0.948. The van der Waals surface area contributed by atoms with Gasteiger partial charge in [-0.25, -0.2) is 9.78 Å². The number of ether oxygens (including phenoxy) is 1. The van der Waals surface area contributed by atoms with Gasteiger partial charge in [0.15, 0.2) is 0 Å². The van der Waals surface area contributed by atoms with Crippen LogP contribution in [0.25, 0.3) is 0 Å². The maximum atomic E-state index is 12.1. The van der Waals surface area contributed by atoms with E-state index in [0.29, 0.717) is 18.8 Å². The maximum absolute atomic E-state index is 12.1. The Balaban J connectivity index is 2.16. The average Bonchev–Trinajstić information content (AvgIpc) is 2.45. The molecule has 0 aromatic carbocycles. The highest BCUT2D eigenvalue weighted by molar-refractivity contribution is 6.29. The van der Waals surface area contributed by atoms with E-state index in [4.69, 9.17) is 16.3 Å². The molecule has 1 amide bonds. The van der Waals surface area contributed by atoms with Gasteiger partial charge in [0, 0.05) is 13.1 Å². The SMILES string of the molecule is CC(C)(C)OC(=O)N1CCC(C(=O)O)(c2cccc(Cl)n2)CC1. The Kier molecular flexibility index (Phi) is 4.84. The Labute approximate surface area is 140 Å². The van der Waals surface area contributed by atoms with Crippen molar-refractivity contribution in [3.63, 3.8) is 0 Å². The minimum atomic E-state index is -1.12. The number of halogens is 1. The lowest BCUT2D eigenvalue weighted by atomic mass is 9.75. The summed E-state index contributed by atoms with van der Waals surface area (Å²) in [4.78, 5) is 29.7. The van der Waals surface area contributed by atoms with Gasteiger partial charge < -0.3 is 14.7 Å². The largest absolute Gasteiger partial charge is 0.481 e. The van der Waals surface area contributed by atoms with Crippen LogP contribution in [0.5, 0.6) is 0 Å². The first-order valence-electron chi connectivity index (χ1n) is 7.48. The topological polar surface area (TPSA) is 79.7 Å². The number of aliphatic carboxylic acids is 1. The number of hydrogen-bond donors (Lipinski definition) is 1. The number of amides is 1. The molecule has 7 heteroatoms. The first-order chi connectivity index (χ1) is 10.6. The molecule has 1 aliphatic rings. The molecule has 6 nitrogen and oxygen atoms in total. The number of piperidine rings is 1. The minimum absolute atomic E-state index is 0.262. The summed E-state index contributed by atoms with van der Waals surface area (Å²) in [6.45, 7) is 6.00. The van der Waals surface area contributed by atoms with Gasteiger partial charge in [-0.1, -0.05) is 17.7 Å². The number of hydrogen-bond acceptors (Lipinski definition) is 4. The zero-order valence-corrected chi connectivity index (χ0v) is 14.3. The van der Waals surface area contributed by atoms with Crippen molar-refractivity contribution in [3.05, 3.63) is 29.0 Å². The summed E-state index contributed by atoms with van der Waals surface area (Å²) in [6, 6.07) is 4.97. The van der Waals surface area contributed by atoms with Gasteiger partial charge in [-0.05, 0) is 45.7 Å². The lowest BCUT2D eigenvalue weighted by molar-refractivity contribution is -0.146. The molecule has 0 spiro atoms. The van der Waals surface area contributed by atoms with Gasteiger partial charge in [0.2, 0.25) is 0 Å². The first-order valence-corrected chi connectivity index (χ1v) is 7.86. The summed E-state index contributed by atoms with van der Waals surface area (Å²) in [7, 11) is 0. The molecule has 23 heavy (non-hydrogen) atoms. The highest BCUT2D eigenvalue weighted by Crippen LogP contribution is 2.35. The van der Waals surface area contributed by atoms with Crippen LogP contribution in [0.1, 0.15) is 39.3 Å². The normalized spacial score (nSPS) is 17.7. The van der Waals surface area contributed by atoms with Crippen LogP contribution < -0.4 is 0 Å². The van der Waals surface area contributed by atoms with E-state index < -0.39 is 23.1 Å². The maximum Gasteiger partial charge on any atom is 0.410 e. The molecule has 0 atom stereocenters. The van der Waals surface area contributed by atoms with Crippen molar-refractivity contribution in [1.29, 1.82) is 0 Å². The van der Waals surface area contributed by atoms with Gasteiger partial charge in [0.25, 0.3) is 0 Å². The van der Waals surface area contributed by atoms with Crippen molar-refractivity contribution in [1.82, 2.24) is 9.88 Å². The monoisotopic (exact) mass is 340 g/mol. The first kappa shape index (κ1) is 17.5. The predicted octanol–water partition coefficient (Wildman–Crippen LogP) is 3.09. The summed E-state index contributed by atoms with van der Waals surface area (Å²) in [5.41, 5.74) is -1.27. The Morgan fingerprint density at radius 3 is 2.39 bits per heavy atom. The number of carbonyl (C=O) groups excluding carboxylic acids is 1. The summed E-state index contributed by atoms with van der Waals surface area (Å²) < 4.78 is 5.33. The van der Waals surface area contributed by atoms with Crippen molar-refractivity contribution >= 4 is 23.7 Å². The van der Waals surface area contributed by atoms with Crippen molar-refractivity contribution in [2.24, 2.45) is 0 Å². The minimum Gasteiger partial charge on any atom is -0.481 e. The molecule has 0 aliphatic carbocycles. The fourth-order valence-corrected chi connectivity index (χ4v) is 2.82. The van der Waals surface area contributed by atoms with E-state index >= 15 is 0 Å². The van der Waals surface area contributed by atoms with Crippen LogP contribution in [0.3, 0.4) is 0 Å². The molecule has 0 unspecified atom stereocenters. The quantitative estimate of drug-likeness (QED) is 0.837.